The molecule has 2 aromatic carbocycles. The summed E-state index contributed by atoms with van der Waals surface area (Å²) in [5.74, 6) is 0.567. The van der Waals surface area contributed by atoms with Gasteiger partial charge in [-0.2, -0.15) is 17.9 Å². The molecule has 5 nitrogen and oxygen atoms in total. The van der Waals surface area contributed by atoms with Gasteiger partial charge in [-0.25, -0.2) is 0 Å². The van der Waals surface area contributed by atoms with E-state index in [9.17, 15) is 13.2 Å². The fourth-order valence-corrected chi connectivity index (χ4v) is 2.45. The van der Waals surface area contributed by atoms with E-state index in [1.54, 1.807) is 28.9 Å². The molecule has 0 fully saturated rings. The quantitative estimate of drug-likeness (QED) is 0.737. The van der Waals surface area contributed by atoms with E-state index in [-0.39, 0.29) is 6.42 Å². The van der Waals surface area contributed by atoms with Gasteiger partial charge in [-0.05, 0) is 40.6 Å². The lowest BCUT2D eigenvalue weighted by molar-refractivity contribution is -0.133. The van der Waals surface area contributed by atoms with Crippen LogP contribution >= 0.6 is 0 Å². The molecule has 0 aliphatic carbocycles. The van der Waals surface area contributed by atoms with Gasteiger partial charge in [0.15, 0.2) is 5.82 Å². The highest BCUT2D eigenvalue weighted by molar-refractivity contribution is 5.51. The fraction of sp³-hybridized carbons (Fsp3) is 0.235. The summed E-state index contributed by atoms with van der Waals surface area (Å²) in [7, 11) is 0. The van der Waals surface area contributed by atoms with Gasteiger partial charge in [0.2, 0.25) is 0 Å². The number of anilines is 1. The molecule has 0 radical (unpaired) electrons. The van der Waals surface area contributed by atoms with Crippen molar-refractivity contribution < 1.29 is 13.2 Å². The first-order valence-electron chi connectivity index (χ1n) is 7.74. The third-order valence-electron chi connectivity index (χ3n) is 3.67. The third-order valence-corrected chi connectivity index (χ3v) is 3.67. The van der Waals surface area contributed by atoms with Crippen LogP contribution in [-0.2, 0) is 13.0 Å². The summed E-state index contributed by atoms with van der Waals surface area (Å²) in [6.45, 7) is 0.297. The van der Waals surface area contributed by atoms with Crippen molar-refractivity contribution in [2.75, 3.05) is 5.32 Å². The number of alkyl halides is 3. The van der Waals surface area contributed by atoms with Crippen LogP contribution in [0.5, 0.6) is 0 Å². The topological polar surface area (TPSA) is 55.6 Å². The van der Waals surface area contributed by atoms with Gasteiger partial charge in [0.25, 0.3) is 0 Å². The average molecular weight is 347 g/mol. The van der Waals surface area contributed by atoms with Gasteiger partial charge < -0.3 is 5.32 Å². The third kappa shape index (κ3) is 4.56. The van der Waals surface area contributed by atoms with Crippen LogP contribution in [-0.4, -0.2) is 26.4 Å². The number of rotatable bonds is 6. The van der Waals surface area contributed by atoms with E-state index in [0.717, 1.165) is 5.69 Å². The number of hydrogen-bond donors (Lipinski definition) is 1. The number of nitrogens with one attached hydrogen (secondary N) is 1. The molecular weight excluding hydrogens is 331 g/mol. The Labute approximate surface area is 142 Å². The largest absolute Gasteiger partial charge is 0.389 e. The van der Waals surface area contributed by atoms with Crippen molar-refractivity contribution >= 4 is 5.69 Å². The number of hydrogen-bond acceptors (Lipinski definition) is 4. The van der Waals surface area contributed by atoms with Gasteiger partial charge in [0.1, 0.15) is 0 Å². The Kier molecular flexibility index (Phi) is 4.97. The maximum Gasteiger partial charge on any atom is 0.389 e. The summed E-state index contributed by atoms with van der Waals surface area (Å²) in [4.78, 5) is 0. The van der Waals surface area contributed by atoms with E-state index in [0.29, 0.717) is 23.6 Å². The number of halogens is 3. The van der Waals surface area contributed by atoms with Crippen LogP contribution in [0, 0.1) is 0 Å². The maximum atomic E-state index is 12.5. The number of tetrazole rings is 1. The molecule has 0 unspecified atom stereocenters. The smallest absolute Gasteiger partial charge is 0.377 e. The van der Waals surface area contributed by atoms with Crippen LogP contribution < -0.4 is 5.32 Å². The summed E-state index contributed by atoms with van der Waals surface area (Å²) in [5.41, 5.74) is 2.07. The molecule has 0 bridgehead atoms. The van der Waals surface area contributed by atoms with Gasteiger partial charge in [0, 0.05) is 12.1 Å². The first-order chi connectivity index (χ1) is 12.0. The Bertz CT molecular complexity index is 814. The minimum atomic E-state index is -4.18. The lowest BCUT2D eigenvalue weighted by Crippen LogP contribution is -2.12. The molecule has 0 spiro atoms. The second-order valence-electron chi connectivity index (χ2n) is 5.47. The van der Waals surface area contributed by atoms with Gasteiger partial charge in [-0.1, -0.05) is 36.4 Å². The molecule has 0 saturated heterocycles. The monoisotopic (exact) mass is 347 g/mol. The van der Waals surface area contributed by atoms with E-state index < -0.39 is 12.6 Å². The van der Waals surface area contributed by atoms with E-state index in [2.05, 4.69) is 20.8 Å². The minimum absolute atomic E-state index is 0.0731. The average Bonchev–Trinajstić information content (AvgIpc) is 3.07. The molecule has 0 atom stereocenters. The molecule has 25 heavy (non-hydrogen) atoms. The molecule has 1 N–H and O–H groups in total. The van der Waals surface area contributed by atoms with Gasteiger partial charge in [-0.15, -0.1) is 5.10 Å². The molecule has 0 aliphatic rings. The number of aromatic nitrogens is 4. The van der Waals surface area contributed by atoms with Crippen LogP contribution in [0.4, 0.5) is 18.9 Å². The molecule has 8 heteroatoms. The zero-order chi connectivity index (χ0) is 17.7. The Morgan fingerprint density at radius 2 is 1.68 bits per heavy atom. The van der Waals surface area contributed by atoms with Crippen LogP contribution in [0.25, 0.3) is 5.69 Å². The molecular formula is C17H16F3N5. The van der Waals surface area contributed by atoms with Gasteiger partial charge >= 0.3 is 6.18 Å². The maximum absolute atomic E-state index is 12.5. The zero-order valence-electron chi connectivity index (χ0n) is 13.2. The Balaban J connectivity index is 1.72. The second kappa shape index (κ2) is 7.33. The van der Waals surface area contributed by atoms with Crippen molar-refractivity contribution in [1.29, 1.82) is 0 Å². The number of nitrogens with zero attached hydrogens (tertiary/aromatic N) is 4. The summed E-state index contributed by atoms with van der Waals surface area (Å²) >= 11 is 0. The molecule has 1 aromatic heterocycles. The Morgan fingerprint density at radius 3 is 2.44 bits per heavy atom. The molecule has 130 valence electrons. The normalized spacial score (nSPS) is 11.5. The number of para-hydroxylation sites is 2. The summed E-state index contributed by atoms with van der Waals surface area (Å²) in [5, 5.41) is 14.7. The van der Waals surface area contributed by atoms with Gasteiger partial charge in [0.05, 0.1) is 12.2 Å². The fourth-order valence-electron chi connectivity index (χ4n) is 2.45. The minimum Gasteiger partial charge on any atom is -0.377 e. The Morgan fingerprint density at radius 1 is 0.960 bits per heavy atom. The first kappa shape index (κ1) is 16.9. The first-order valence-corrected chi connectivity index (χ1v) is 7.74. The van der Waals surface area contributed by atoms with E-state index in [4.69, 9.17) is 0 Å². The zero-order valence-corrected chi connectivity index (χ0v) is 13.2. The molecule has 3 aromatic rings. The lowest BCUT2D eigenvalue weighted by Gasteiger charge is -2.13. The summed E-state index contributed by atoms with van der Waals surface area (Å²) in [6, 6.07) is 16.3. The van der Waals surface area contributed by atoms with Gasteiger partial charge in [-0.3, -0.25) is 0 Å². The molecule has 0 saturated carbocycles. The Hall–Kier alpha value is -2.90. The predicted molar refractivity (Wildman–Crippen MR) is 87.3 cm³/mol. The van der Waals surface area contributed by atoms with Crippen molar-refractivity contribution in [3.63, 3.8) is 0 Å². The number of benzene rings is 2. The van der Waals surface area contributed by atoms with Crippen molar-refractivity contribution in [3.8, 4) is 5.69 Å². The molecule has 3 rings (SSSR count). The second-order valence-corrected chi connectivity index (χ2v) is 5.47. The summed E-state index contributed by atoms with van der Waals surface area (Å²) < 4.78 is 39.0. The lowest BCUT2D eigenvalue weighted by atomic mass is 10.1. The van der Waals surface area contributed by atoms with Crippen LogP contribution in [0.15, 0.2) is 54.6 Å². The molecule has 0 amide bonds. The standard InChI is InChI=1S/C17H16F3N5/c18-17(19,20)11-10-13-6-4-5-9-15(13)21-12-16-22-23-24-25(16)14-7-2-1-3-8-14/h1-9,21H,10-12H2. The van der Waals surface area contributed by atoms with Crippen LogP contribution in [0.1, 0.15) is 17.8 Å². The highest BCUT2D eigenvalue weighted by Gasteiger charge is 2.26. The van der Waals surface area contributed by atoms with Crippen molar-refractivity contribution in [2.45, 2.75) is 25.6 Å². The van der Waals surface area contributed by atoms with Crippen LogP contribution in [0.3, 0.4) is 0 Å². The SMILES string of the molecule is FC(F)(F)CCc1ccccc1NCc1nnnn1-c1ccccc1. The van der Waals surface area contributed by atoms with E-state index in [1.165, 1.54) is 0 Å². The number of aryl methyl sites for hydroxylation is 1. The van der Waals surface area contributed by atoms with Crippen molar-refractivity contribution in [2.24, 2.45) is 0 Å². The van der Waals surface area contributed by atoms with Crippen molar-refractivity contribution in [1.82, 2.24) is 20.2 Å². The highest BCUT2D eigenvalue weighted by Crippen LogP contribution is 2.25. The van der Waals surface area contributed by atoms with E-state index in [1.807, 2.05) is 30.3 Å². The summed E-state index contributed by atoms with van der Waals surface area (Å²) in [6.07, 6.45) is -5.10. The predicted octanol–water partition coefficient (Wildman–Crippen LogP) is 3.77. The van der Waals surface area contributed by atoms with Crippen LogP contribution in [0.2, 0.25) is 0 Å². The molecule has 1 heterocycles. The highest BCUT2D eigenvalue weighted by atomic mass is 19.4. The van der Waals surface area contributed by atoms with Crippen molar-refractivity contribution in [3.05, 3.63) is 66.0 Å². The van der Waals surface area contributed by atoms with E-state index >= 15 is 0 Å². The molecule has 0 aliphatic heterocycles.